The van der Waals surface area contributed by atoms with Crippen LogP contribution >= 0.6 is 11.8 Å². The second kappa shape index (κ2) is 7.96. The Bertz CT molecular complexity index is 832. The third-order valence-corrected chi connectivity index (χ3v) is 4.42. The number of nitrogens with two attached hydrogens (primary N) is 1. The molecule has 0 saturated heterocycles. The van der Waals surface area contributed by atoms with E-state index >= 15 is 0 Å². The number of hydrogen-bond acceptors (Lipinski definition) is 6. The molecule has 0 saturated carbocycles. The summed E-state index contributed by atoms with van der Waals surface area (Å²) < 4.78 is 6.24. The Balaban J connectivity index is 2.58. The van der Waals surface area contributed by atoms with Crippen molar-refractivity contribution in [3.63, 3.8) is 0 Å². The number of hydrogen-bond donors (Lipinski definition) is 1. The second-order valence-electron chi connectivity index (χ2n) is 5.18. The van der Waals surface area contributed by atoms with Crippen molar-refractivity contribution in [2.24, 2.45) is 5.73 Å². The topological polar surface area (TPSA) is 104 Å². The Morgan fingerprint density at radius 1 is 1.38 bits per heavy atom. The highest BCUT2D eigenvalue weighted by molar-refractivity contribution is 7.99. The molecule has 1 aromatic carbocycles. The van der Waals surface area contributed by atoms with Crippen LogP contribution in [0, 0.1) is 0 Å². The lowest BCUT2D eigenvalue weighted by Gasteiger charge is -2.12. The molecule has 0 spiro atoms. The lowest BCUT2D eigenvalue weighted by Crippen LogP contribution is -2.24. The maximum atomic E-state index is 12.7. The van der Waals surface area contributed by atoms with E-state index in [0.29, 0.717) is 28.2 Å². The van der Waals surface area contributed by atoms with Crippen molar-refractivity contribution >= 4 is 34.5 Å². The van der Waals surface area contributed by atoms with Crippen LogP contribution in [0.3, 0.4) is 0 Å². The molecule has 2 N–H and O–H groups in total. The fourth-order valence-electron chi connectivity index (χ4n) is 2.20. The molecule has 0 fully saturated rings. The van der Waals surface area contributed by atoms with Gasteiger partial charge in [-0.05, 0) is 24.6 Å². The van der Waals surface area contributed by atoms with E-state index in [1.165, 1.54) is 19.2 Å². The highest BCUT2D eigenvalue weighted by Crippen LogP contribution is 2.19. The van der Waals surface area contributed by atoms with Crippen molar-refractivity contribution in [3.05, 3.63) is 34.1 Å². The molecule has 0 unspecified atom stereocenters. The van der Waals surface area contributed by atoms with Gasteiger partial charge in [-0.2, -0.15) is 0 Å². The molecule has 0 atom stereocenters. The van der Waals surface area contributed by atoms with Crippen molar-refractivity contribution in [1.82, 2.24) is 9.55 Å². The molecule has 0 aliphatic carbocycles. The number of esters is 1. The predicted molar refractivity (Wildman–Crippen MR) is 92.2 cm³/mol. The van der Waals surface area contributed by atoms with E-state index in [1.807, 2.05) is 6.92 Å². The van der Waals surface area contributed by atoms with Gasteiger partial charge in [-0.25, -0.2) is 9.78 Å². The molecule has 0 aliphatic heterocycles. The van der Waals surface area contributed by atoms with E-state index in [-0.39, 0.29) is 11.3 Å². The number of fused-ring (bicyclic) bond motifs is 1. The standard InChI is InChI=1S/C16H19N3O4S/c1-3-4-7-19-14(21)11-6-5-10(15(22)23-2)8-12(11)18-16(19)24-9-13(17)20/h5-6,8H,3-4,7,9H2,1-2H3,(H2,17,20). The maximum absolute atomic E-state index is 12.7. The number of carbonyl (C=O) groups is 2. The van der Waals surface area contributed by atoms with Gasteiger partial charge in [0, 0.05) is 6.54 Å². The van der Waals surface area contributed by atoms with E-state index < -0.39 is 11.9 Å². The molecule has 7 nitrogen and oxygen atoms in total. The van der Waals surface area contributed by atoms with Gasteiger partial charge < -0.3 is 10.5 Å². The van der Waals surface area contributed by atoms with E-state index in [4.69, 9.17) is 5.73 Å². The van der Waals surface area contributed by atoms with E-state index in [2.05, 4.69) is 9.72 Å². The zero-order valence-corrected chi connectivity index (χ0v) is 14.4. The number of methoxy groups -OCH3 is 1. The summed E-state index contributed by atoms with van der Waals surface area (Å²) >= 11 is 1.12. The summed E-state index contributed by atoms with van der Waals surface area (Å²) in [6.07, 6.45) is 1.74. The van der Waals surface area contributed by atoms with Crippen LogP contribution in [0.1, 0.15) is 30.1 Å². The number of ether oxygens (including phenoxy) is 1. The number of thioether (sulfide) groups is 1. The number of primary amides is 1. The van der Waals surface area contributed by atoms with Crippen LogP contribution in [-0.4, -0.2) is 34.3 Å². The highest BCUT2D eigenvalue weighted by atomic mass is 32.2. The molecule has 0 aliphatic rings. The van der Waals surface area contributed by atoms with Crippen LogP contribution in [0.25, 0.3) is 10.9 Å². The molecule has 0 bridgehead atoms. The Labute approximate surface area is 143 Å². The first-order valence-corrected chi connectivity index (χ1v) is 8.50. The third kappa shape index (κ3) is 3.94. The van der Waals surface area contributed by atoms with Gasteiger partial charge in [0.25, 0.3) is 5.56 Å². The van der Waals surface area contributed by atoms with Crippen molar-refractivity contribution in [2.75, 3.05) is 12.9 Å². The second-order valence-corrected chi connectivity index (χ2v) is 6.13. The minimum absolute atomic E-state index is 0.0285. The van der Waals surface area contributed by atoms with E-state index in [0.717, 1.165) is 24.6 Å². The summed E-state index contributed by atoms with van der Waals surface area (Å²) in [6, 6.07) is 4.63. The van der Waals surface area contributed by atoms with Gasteiger partial charge in [0.15, 0.2) is 5.16 Å². The summed E-state index contributed by atoms with van der Waals surface area (Å²) in [5.41, 5.74) is 5.69. The monoisotopic (exact) mass is 349 g/mol. The Hall–Kier alpha value is -2.35. The first kappa shape index (κ1) is 18.0. The summed E-state index contributed by atoms with van der Waals surface area (Å²) in [7, 11) is 1.29. The zero-order valence-electron chi connectivity index (χ0n) is 13.6. The maximum Gasteiger partial charge on any atom is 0.337 e. The van der Waals surface area contributed by atoms with Crippen LogP contribution < -0.4 is 11.3 Å². The summed E-state index contributed by atoms with van der Waals surface area (Å²) in [5, 5.41) is 0.837. The largest absolute Gasteiger partial charge is 0.465 e. The molecule has 2 rings (SSSR count). The minimum atomic E-state index is -0.500. The van der Waals surface area contributed by atoms with Crippen molar-refractivity contribution in [2.45, 2.75) is 31.5 Å². The minimum Gasteiger partial charge on any atom is -0.465 e. The average molecular weight is 349 g/mol. The number of aromatic nitrogens is 2. The summed E-state index contributed by atoms with van der Waals surface area (Å²) in [6.45, 7) is 2.54. The van der Waals surface area contributed by atoms with Gasteiger partial charge in [0.2, 0.25) is 5.91 Å². The molecule has 1 heterocycles. The van der Waals surface area contributed by atoms with Gasteiger partial charge in [0.05, 0.1) is 29.3 Å². The van der Waals surface area contributed by atoms with Gasteiger partial charge >= 0.3 is 5.97 Å². The molecular formula is C16H19N3O4S. The lowest BCUT2D eigenvalue weighted by atomic mass is 10.1. The highest BCUT2D eigenvalue weighted by Gasteiger charge is 2.14. The first-order valence-electron chi connectivity index (χ1n) is 7.52. The van der Waals surface area contributed by atoms with Crippen LogP contribution in [-0.2, 0) is 16.1 Å². The first-order chi connectivity index (χ1) is 11.5. The van der Waals surface area contributed by atoms with Crippen molar-refractivity contribution in [3.8, 4) is 0 Å². The van der Waals surface area contributed by atoms with Crippen molar-refractivity contribution in [1.29, 1.82) is 0 Å². The molecule has 1 amide bonds. The lowest BCUT2D eigenvalue weighted by molar-refractivity contribution is -0.115. The van der Waals surface area contributed by atoms with Gasteiger partial charge in [0.1, 0.15) is 0 Å². The van der Waals surface area contributed by atoms with Crippen LogP contribution in [0.15, 0.2) is 28.2 Å². The molecular weight excluding hydrogens is 330 g/mol. The molecule has 0 radical (unpaired) electrons. The van der Waals surface area contributed by atoms with E-state index in [1.54, 1.807) is 10.6 Å². The summed E-state index contributed by atoms with van der Waals surface area (Å²) in [4.78, 5) is 39.9. The fourth-order valence-corrected chi connectivity index (χ4v) is 2.97. The number of rotatable bonds is 7. The van der Waals surface area contributed by atoms with Crippen LogP contribution in [0.5, 0.6) is 0 Å². The van der Waals surface area contributed by atoms with E-state index in [9.17, 15) is 14.4 Å². The fraction of sp³-hybridized carbons (Fsp3) is 0.375. The molecule has 1 aromatic heterocycles. The number of unbranched alkanes of at least 4 members (excludes halogenated alkanes) is 1. The van der Waals surface area contributed by atoms with Gasteiger partial charge in [-0.3, -0.25) is 14.2 Å². The third-order valence-electron chi connectivity index (χ3n) is 3.42. The quantitative estimate of drug-likeness (QED) is 0.462. The van der Waals surface area contributed by atoms with Gasteiger partial charge in [-0.1, -0.05) is 25.1 Å². The number of benzene rings is 1. The van der Waals surface area contributed by atoms with Gasteiger partial charge in [-0.15, -0.1) is 0 Å². The Kier molecular flexibility index (Phi) is 5.97. The smallest absolute Gasteiger partial charge is 0.337 e. The van der Waals surface area contributed by atoms with Crippen molar-refractivity contribution < 1.29 is 14.3 Å². The Morgan fingerprint density at radius 3 is 2.75 bits per heavy atom. The molecule has 128 valence electrons. The number of carbonyl (C=O) groups excluding carboxylic acids is 2. The molecule has 2 aromatic rings. The average Bonchev–Trinajstić information content (AvgIpc) is 2.58. The normalized spacial score (nSPS) is 10.8. The number of amides is 1. The SMILES string of the molecule is CCCCn1c(SCC(N)=O)nc2cc(C(=O)OC)ccc2c1=O. The number of nitrogens with zero attached hydrogens (tertiary/aromatic N) is 2. The zero-order chi connectivity index (χ0) is 17.7. The van der Waals surface area contributed by atoms with Crippen LogP contribution in [0.4, 0.5) is 0 Å². The predicted octanol–water partition coefficient (Wildman–Crippen LogP) is 1.56. The Morgan fingerprint density at radius 2 is 2.12 bits per heavy atom. The molecule has 8 heteroatoms. The van der Waals surface area contributed by atoms with Crippen LogP contribution in [0.2, 0.25) is 0 Å². The summed E-state index contributed by atoms with van der Waals surface area (Å²) in [5.74, 6) is -0.958. The molecule has 24 heavy (non-hydrogen) atoms.